The summed E-state index contributed by atoms with van der Waals surface area (Å²) in [5.74, 6) is -0.508. The molecule has 0 aliphatic rings. The highest BCUT2D eigenvalue weighted by Gasteiger charge is 2.14. The lowest BCUT2D eigenvalue weighted by molar-refractivity contribution is -0.116. The van der Waals surface area contributed by atoms with Gasteiger partial charge in [-0.05, 0) is 47.7 Å². The molecule has 0 aliphatic carbocycles. The minimum Gasteiger partial charge on any atom is -0.478 e. The molecule has 0 spiro atoms. The molecule has 2 aromatic rings. The number of carboxylic acids is 1. The summed E-state index contributed by atoms with van der Waals surface area (Å²) in [6.45, 7) is 1.69. The number of hydrogen-bond acceptors (Lipinski definition) is 5. The number of nitrogens with zero attached hydrogens (tertiary/aromatic N) is 2. The Labute approximate surface area is 133 Å². The van der Waals surface area contributed by atoms with Gasteiger partial charge in [-0.2, -0.15) is 4.98 Å². The van der Waals surface area contributed by atoms with Crippen LogP contribution in [-0.4, -0.2) is 27.1 Å². The SMILES string of the molecule is Cc1noc(CCC(=O)Nc2ccc(I)cc2C(=O)O)n1. The van der Waals surface area contributed by atoms with Crippen molar-refractivity contribution in [2.24, 2.45) is 0 Å². The molecule has 0 radical (unpaired) electrons. The van der Waals surface area contributed by atoms with E-state index in [1.165, 1.54) is 6.07 Å². The van der Waals surface area contributed by atoms with Gasteiger partial charge in [-0.15, -0.1) is 0 Å². The van der Waals surface area contributed by atoms with E-state index in [2.05, 4.69) is 15.5 Å². The molecule has 1 aromatic carbocycles. The Morgan fingerprint density at radius 2 is 2.19 bits per heavy atom. The normalized spacial score (nSPS) is 10.4. The zero-order valence-electron chi connectivity index (χ0n) is 11.1. The Kier molecular flexibility index (Phi) is 4.89. The number of halogens is 1. The number of carboxylic acid groups (broad SMARTS) is 1. The monoisotopic (exact) mass is 401 g/mol. The zero-order chi connectivity index (χ0) is 15.4. The number of rotatable bonds is 5. The van der Waals surface area contributed by atoms with Gasteiger partial charge in [0.2, 0.25) is 11.8 Å². The van der Waals surface area contributed by atoms with Gasteiger partial charge >= 0.3 is 5.97 Å². The van der Waals surface area contributed by atoms with Crippen LogP contribution in [0, 0.1) is 10.5 Å². The third kappa shape index (κ3) is 4.25. The van der Waals surface area contributed by atoms with E-state index in [4.69, 9.17) is 9.63 Å². The van der Waals surface area contributed by atoms with Crippen molar-refractivity contribution >= 4 is 40.2 Å². The molecule has 21 heavy (non-hydrogen) atoms. The fourth-order valence-corrected chi connectivity index (χ4v) is 2.17. The molecule has 0 fully saturated rings. The third-order valence-corrected chi connectivity index (χ3v) is 3.29. The first-order valence-corrected chi connectivity index (χ1v) is 7.15. The van der Waals surface area contributed by atoms with Crippen LogP contribution in [0.15, 0.2) is 22.7 Å². The van der Waals surface area contributed by atoms with E-state index in [0.717, 1.165) is 3.57 Å². The number of anilines is 1. The number of carbonyl (C=O) groups is 2. The average Bonchev–Trinajstić information content (AvgIpc) is 2.84. The second-order valence-electron chi connectivity index (χ2n) is 4.28. The largest absolute Gasteiger partial charge is 0.478 e. The molecule has 0 aliphatic heterocycles. The molecule has 8 heteroatoms. The number of benzene rings is 1. The molecule has 7 nitrogen and oxygen atoms in total. The predicted molar refractivity (Wildman–Crippen MR) is 82.1 cm³/mol. The molecule has 0 saturated carbocycles. The van der Waals surface area contributed by atoms with Crippen molar-refractivity contribution in [1.82, 2.24) is 10.1 Å². The van der Waals surface area contributed by atoms with Crippen molar-refractivity contribution < 1.29 is 19.2 Å². The second kappa shape index (κ2) is 6.66. The van der Waals surface area contributed by atoms with E-state index in [9.17, 15) is 9.59 Å². The van der Waals surface area contributed by atoms with Gasteiger partial charge in [0.05, 0.1) is 11.3 Å². The Morgan fingerprint density at radius 1 is 1.43 bits per heavy atom. The molecule has 0 unspecified atom stereocenters. The summed E-state index contributed by atoms with van der Waals surface area (Å²) in [6.07, 6.45) is 0.437. The van der Waals surface area contributed by atoms with Crippen LogP contribution in [0.25, 0.3) is 0 Å². The molecular formula is C13H12IN3O4. The molecule has 1 amide bonds. The standard InChI is InChI=1S/C13H12IN3O4/c1-7-15-12(21-17-7)5-4-11(18)16-10-3-2-8(14)6-9(10)13(19)20/h2-3,6H,4-5H2,1H3,(H,16,18)(H,19,20). The lowest BCUT2D eigenvalue weighted by atomic mass is 10.1. The zero-order valence-corrected chi connectivity index (χ0v) is 13.2. The van der Waals surface area contributed by atoms with Crippen LogP contribution >= 0.6 is 22.6 Å². The Balaban J connectivity index is 2.01. The van der Waals surface area contributed by atoms with Gasteiger partial charge in [0, 0.05) is 16.4 Å². The maximum absolute atomic E-state index is 11.9. The van der Waals surface area contributed by atoms with E-state index in [1.54, 1.807) is 19.1 Å². The molecule has 0 atom stereocenters. The predicted octanol–water partition coefficient (Wildman–Crippen LogP) is 2.25. The van der Waals surface area contributed by atoms with Gasteiger partial charge in [0.25, 0.3) is 0 Å². The maximum Gasteiger partial charge on any atom is 0.337 e. The summed E-state index contributed by atoms with van der Waals surface area (Å²) in [6, 6.07) is 4.80. The fourth-order valence-electron chi connectivity index (χ4n) is 1.68. The van der Waals surface area contributed by atoms with Crippen molar-refractivity contribution in [3.05, 3.63) is 39.0 Å². The van der Waals surface area contributed by atoms with Crippen molar-refractivity contribution in [2.45, 2.75) is 19.8 Å². The summed E-state index contributed by atoms with van der Waals surface area (Å²) >= 11 is 2.01. The minimum atomic E-state index is -1.09. The number of amides is 1. The lowest BCUT2D eigenvalue weighted by Gasteiger charge is -2.08. The molecule has 110 valence electrons. The summed E-state index contributed by atoms with van der Waals surface area (Å²) in [5.41, 5.74) is 0.332. The Bertz CT molecular complexity index is 684. The number of hydrogen-bond donors (Lipinski definition) is 2. The summed E-state index contributed by atoms with van der Waals surface area (Å²) < 4.78 is 5.69. The number of aromatic carboxylic acids is 1. The van der Waals surface area contributed by atoms with Gasteiger partial charge in [-0.3, -0.25) is 4.79 Å². The molecular weight excluding hydrogens is 389 g/mol. The van der Waals surface area contributed by atoms with Crippen LogP contribution in [0.3, 0.4) is 0 Å². The van der Waals surface area contributed by atoms with Crippen LogP contribution < -0.4 is 5.32 Å². The molecule has 2 rings (SSSR count). The van der Waals surface area contributed by atoms with Crippen molar-refractivity contribution in [1.29, 1.82) is 0 Å². The topological polar surface area (TPSA) is 105 Å². The van der Waals surface area contributed by atoms with Crippen molar-refractivity contribution in [2.75, 3.05) is 5.32 Å². The van der Waals surface area contributed by atoms with E-state index < -0.39 is 5.97 Å². The molecule has 1 heterocycles. The number of aromatic nitrogens is 2. The number of aryl methyl sites for hydroxylation is 2. The summed E-state index contributed by atoms with van der Waals surface area (Å²) in [5, 5.41) is 15.3. The van der Waals surface area contributed by atoms with Crippen molar-refractivity contribution in [3.63, 3.8) is 0 Å². The fraction of sp³-hybridized carbons (Fsp3) is 0.231. The molecule has 0 bridgehead atoms. The van der Waals surface area contributed by atoms with Crippen LogP contribution in [0.5, 0.6) is 0 Å². The van der Waals surface area contributed by atoms with E-state index in [0.29, 0.717) is 18.1 Å². The molecule has 2 N–H and O–H groups in total. The minimum absolute atomic E-state index is 0.0592. The van der Waals surface area contributed by atoms with Gasteiger partial charge in [-0.25, -0.2) is 4.79 Å². The van der Waals surface area contributed by atoms with E-state index in [1.807, 2.05) is 22.6 Å². The first kappa shape index (κ1) is 15.4. The highest BCUT2D eigenvalue weighted by Crippen LogP contribution is 2.19. The average molecular weight is 401 g/mol. The van der Waals surface area contributed by atoms with Gasteiger partial charge in [0.15, 0.2) is 5.82 Å². The highest BCUT2D eigenvalue weighted by molar-refractivity contribution is 14.1. The van der Waals surface area contributed by atoms with Gasteiger partial charge in [-0.1, -0.05) is 5.16 Å². The smallest absolute Gasteiger partial charge is 0.337 e. The summed E-state index contributed by atoms with van der Waals surface area (Å²) in [4.78, 5) is 27.0. The molecule has 1 aromatic heterocycles. The second-order valence-corrected chi connectivity index (χ2v) is 5.52. The lowest BCUT2D eigenvalue weighted by Crippen LogP contribution is -2.15. The first-order chi connectivity index (χ1) is 9.95. The van der Waals surface area contributed by atoms with Crippen LogP contribution in [-0.2, 0) is 11.2 Å². The van der Waals surface area contributed by atoms with Crippen molar-refractivity contribution in [3.8, 4) is 0 Å². The van der Waals surface area contributed by atoms with E-state index >= 15 is 0 Å². The number of nitrogens with one attached hydrogen (secondary N) is 1. The van der Waals surface area contributed by atoms with Gasteiger partial charge in [0.1, 0.15) is 0 Å². The van der Waals surface area contributed by atoms with E-state index in [-0.39, 0.29) is 23.6 Å². The number of carbonyl (C=O) groups excluding carboxylic acids is 1. The highest BCUT2D eigenvalue weighted by atomic mass is 127. The van der Waals surface area contributed by atoms with Crippen LogP contribution in [0.1, 0.15) is 28.5 Å². The summed E-state index contributed by atoms with van der Waals surface area (Å²) in [7, 11) is 0. The van der Waals surface area contributed by atoms with Crippen LogP contribution in [0.2, 0.25) is 0 Å². The maximum atomic E-state index is 11.9. The molecule has 0 saturated heterocycles. The van der Waals surface area contributed by atoms with Crippen LogP contribution in [0.4, 0.5) is 5.69 Å². The third-order valence-electron chi connectivity index (χ3n) is 2.62. The first-order valence-electron chi connectivity index (χ1n) is 6.07. The Hall–Kier alpha value is -1.97. The van der Waals surface area contributed by atoms with Gasteiger partial charge < -0.3 is 14.9 Å². The quantitative estimate of drug-likeness (QED) is 0.745. The Morgan fingerprint density at radius 3 is 2.81 bits per heavy atom.